The molecule has 0 aliphatic heterocycles. The number of rotatable bonds is 5. The zero-order chi connectivity index (χ0) is 19.4. The molecule has 2 aromatic carbocycles. The van der Waals surface area contributed by atoms with Crippen molar-refractivity contribution in [1.82, 2.24) is 4.57 Å². The fourth-order valence-electron chi connectivity index (χ4n) is 2.55. The Balaban J connectivity index is 2.01. The highest BCUT2D eigenvalue weighted by atomic mass is 35.5. The minimum absolute atomic E-state index is 0.376. The van der Waals surface area contributed by atoms with Crippen LogP contribution in [0.1, 0.15) is 20.7 Å². The van der Waals surface area contributed by atoms with Crippen molar-refractivity contribution in [2.75, 3.05) is 20.8 Å². The summed E-state index contributed by atoms with van der Waals surface area (Å²) >= 11 is 7.46. The van der Waals surface area contributed by atoms with Crippen molar-refractivity contribution in [3.05, 3.63) is 63.4 Å². The molecule has 6 nitrogen and oxygen atoms in total. The molecule has 0 radical (unpaired) electrons. The number of carbonyl (C=O) groups is 2. The van der Waals surface area contributed by atoms with E-state index < -0.39 is 11.9 Å². The van der Waals surface area contributed by atoms with E-state index in [0.29, 0.717) is 34.1 Å². The maximum atomic E-state index is 12.6. The highest BCUT2D eigenvalue weighted by Gasteiger charge is 2.11. The number of hydrogen-bond acceptors (Lipinski definition) is 5. The molecule has 0 bridgehead atoms. The molecule has 8 heteroatoms. The minimum Gasteiger partial charge on any atom is -0.465 e. The molecule has 3 aromatic rings. The molecule has 1 aromatic heterocycles. The van der Waals surface area contributed by atoms with Gasteiger partial charge in [0.05, 0.1) is 29.5 Å². The number of methoxy groups -OCH3 is 2. The molecule has 0 saturated carbocycles. The van der Waals surface area contributed by atoms with Crippen LogP contribution in [0.4, 0.5) is 0 Å². The maximum absolute atomic E-state index is 12.6. The van der Waals surface area contributed by atoms with Gasteiger partial charge in [0.25, 0.3) is 5.91 Å². The van der Waals surface area contributed by atoms with Crippen LogP contribution in [-0.4, -0.2) is 37.3 Å². The molecule has 0 N–H and O–H groups in total. The van der Waals surface area contributed by atoms with Crippen molar-refractivity contribution < 1.29 is 19.1 Å². The van der Waals surface area contributed by atoms with Crippen LogP contribution in [0, 0.1) is 0 Å². The molecule has 1 heterocycles. The van der Waals surface area contributed by atoms with E-state index in [-0.39, 0.29) is 0 Å². The van der Waals surface area contributed by atoms with Crippen molar-refractivity contribution in [1.29, 1.82) is 0 Å². The van der Waals surface area contributed by atoms with E-state index in [1.165, 1.54) is 30.6 Å². The van der Waals surface area contributed by atoms with Crippen LogP contribution in [0.2, 0.25) is 5.02 Å². The van der Waals surface area contributed by atoms with Crippen LogP contribution in [0.25, 0.3) is 10.2 Å². The topological polar surface area (TPSA) is 69.9 Å². The van der Waals surface area contributed by atoms with E-state index in [2.05, 4.69) is 9.73 Å². The lowest BCUT2D eigenvalue weighted by Crippen LogP contribution is -2.19. The quantitative estimate of drug-likeness (QED) is 0.610. The molecular weight excluding hydrogens is 388 g/mol. The number of benzene rings is 2. The summed E-state index contributed by atoms with van der Waals surface area (Å²) in [5.74, 6) is -0.847. The van der Waals surface area contributed by atoms with Gasteiger partial charge in [-0.1, -0.05) is 22.9 Å². The van der Waals surface area contributed by atoms with Crippen LogP contribution in [0.3, 0.4) is 0 Å². The number of nitrogens with zero attached hydrogens (tertiary/aromatic N) is 2. The van der Waals surface area contributed by atoms with Crippen molar-refractivity contribution in [3.8, 4) is 0 Å². The maximum Gasteiger partial charge on any atom is 0.337 e. The Bertz CT molecular complexity index is 1050. The van der Waals surface area contributed by atoms with Gasteiger partial charge in [0.2, 0.25) is 0 Å². The summed E-state index contributed by atoms with van der Waals surface area (Å²) < 4.78 is 12.7. The molecule has 1 amide bonds. The second-order valence-corrected chi connectivity index (χ2v) is 7.07. The van der Waals surface area contributed by atoms with Crippen LogP contribution in [0.5, 0.6) is 0 Å². The third-order valence-electron chi connectivity index (χ3n) is 3.91. The first kappa shape index (κ1) is 19.3. The van der Waals surface area contributed by atoms with E-state index in [1.807, 2.05) is 16.7 Å². The van der Waals surface area contributed by atoms with E-state index in [9.17, 15) is 9.59 Å². The van der Waals surface area contributed by atoms with Crippen molar-refractivity contribution in [2.24, 2.45) is 4.99 Å². The number of ether oxygens (including phenoxy) is 2. The number of amides is 1. The normalized spacial score (nSPS) is 11.7. The second kappa shape index (κ2) is 8.47. The van der Waals surface area contributed by atoms with Crippen LogP contribution >= 0.6 is 22.9 Å². The summed E-state index contributed by atoms with van der Waals surface area (Å²) in [5.41, 5.74) is 1.70. The molecule has 0 saturated heterocycles. The van der Waals surface area contributed by atoms with Gasteiger partial charge in [-0.25, -0.2) is 4.79 Å². The number of carbonyl (C=O) groups excluding carboxylic acids is 2. The van der Waals surface area contributed by atoms with Crippen molar-refractivity contribution in [3.63, 3.8) is 0 Å². The average molecular weight is 405 g/mol. The molecule has 0 unspecified atom stereocenters. The molecule has 27 heavy (non-hydrogen) atoms. The van der Waals surface area contributed by atoms with Gasteiger partial charge in [-0.3, -0.25) is 4.79 Å². The smallest absolute Gasteiger partial charge is 0.337 e. The zero-order valence-corrected chi connectivity index (χ0v) is 16.3. The Morgan fingerprint density at radius 3 is 2.48 bits per heavy atom. The van der Waals surface area contributed by atoms with Gasteiger partial charge in [0, 0.05) is 24.2 Å². The van der Waals surface area contributed by atoms with Gasteiger partial charge in [0.1, 0.15) is 0 Å². The third-order valence-corrected chi connectivity index (χ3v) is 5.19. The first-order chi connectivity index (χ1) is 13.0. The SMILES string of the molecule is COCCn1c(=NC(=O)c2ccc(C(=O)OC)cc2)sc2cc(Cl)ccc21. The first-order valence-electron chi connectivity index (χ1n) is 8.08. The number of aromatic nitrogens is 1. The lowest BCUT2D eigenvalue weighted by molar-refractivity contribution is 0.0600. The largest absolute Gasteiger partial charge is 0.465 e. The van der Waals surface area contributed by atoms with E-state index in [1.54, 1.807) is 25.3 Å². The Morgan fingerprint density at radius 1 is 1.11 bits per heavy atom. The van der Waals surface area contributed by atoms with Gasteiger partial charge in [-0.05, 0) is 42.5 Å². The lowest BCUT2D eigenvalue weighted by Gasteiger charge is -2.04. The summed E-state index contributed by atoms with van der Waals surface area (Å²) in [6, 6.07) is 11.7. The summed E-state index contributed by atoms with van der Waals surface area (Å²) in [6.45, 7) is 1.05. The van der Waals surface area contributed by atoms with E-state index in [0.717, 1.165) is 10.2 Å². The Hall–Kier alpha value is -2.48. The fraction of sp³-hybridized carbons (Fsp3) is 0.211. The molecule has 0 aliphatic rings. The monoisotopic (exact) mass is 404 g/mol. The van der Waals surface area contributed by atoms with Crippen molar-refractivity contribution >= 4 is 45.0 Å². The first-order valence-corrected chi connectivity index (χ1v) is 9.28. The Morgan fingerprint density at radius 2 is 1.81 bits per heavy atom. The predicted molar refractivity (Wildman–Crippen MR) is 104 cm³/mol. The molecule has 140 valence electrons. The summed E-state index contributed by atoms with van der Waals surface area (Å²) in [6.07, 6.45) is 0. The Kier molecular flexibility index (Phi) is 6.05. The van der Waals surface area contributed by atoms with Gasteiger partial charge in [-0.15, -0.1) is 0 Å². The highest BCUT2D eigenvalue weighted by Crippen LogP contribution is 2.22. The molecule has 0 spiro atoms. The van der Waals surface area contributed by atoms with E-state index >= 15 is 0 Å². The van der Waals surface area contributed by atoms with Crippen LogP contribution in [0.15, 0.2) is 47.5 Å². The van der Waals surface area contributed by atoms with Gasteiger partial charge >= 0.3 is 5.97 Å². The third kappa shape index (κ3) is 4.27. The van der Waals surface area contributed by atoms with Gasteiger partial charge in [-0.2, -0.15) is 4.99 Å². The number of thiazole rings is 1. The van der Waals surface area contributed by atoms with Gasteiger partial charge in [0.15, 0.2) is 4.80 Å². The summed E-state index contributed by atoms with van der Waals surface area (Å²) in [4.78, 5) is 28.9. The summed E-state index contributed by atoms with van der Waals surface area (Å²) in [7, 11) is 2.93. The van der Waals surface area contributed by atoms with Crippen LogP contribution < -0.4 is 4.80 Å². The fourth-order valence-corrected chi connectivity index (χ4v) is 3.88. The molecule has 3 rings (SSSR count). The standard InChI is InChI=1S/C19H17ClN2O4S/c1-25-10-9-22-15-8-7-14(20)11-16(15)27-19(22)21-17(23)12-3-5-13(6-4-12)18(24)26-2/h3-8,11H,9-10H2,1-2H3. The zero-order valence-electron chi connectivity index (χ0n) is 14.8. The molecular formula is C19H17ClN2O4S. The number of fused-ring (bicyclic) bond motifs is 1. The number of halogens is 1. The predicted octanol–water partition coefficient (Wildman–Crippen LogP) is 3.53. The average Bonchev–Trinajstić information content (AvgIpc) is 3.01. The second-order valence-electron chi connectivity index (χ2n) is 5.63. The number of esters is 1. The lowest BCUT2D eigenvalue weighted by atomic mass is 10.1. The van der Waals surface area contributed by atoms with E-state index in [4.69, 9.17) is 16.3 Å². The molecule has 0 atom stereocenters. The van der Waals surface area contributed by atoms with Crippen molar-refractivity contribution in [2.45, 2.75) is 6.54 Å². The summed E-state index contributed by atoms with van der Waals surface area (Å²) in [5, 5.41) is 0.624. The number of hydrogen-bond donors (Lipinski definition) is 0. The van der Waals surface area contributed by atoms with Gasteiger partial charge < -0.3 is 14.0 Å². The van der Waals surface area contributed by atoms with Crippen LogP contribution in [-0.2, 0) is 16.0 Å². The Labute approximate surface area is 164 Å². The minimum atomic E-state index is -0.454. The molecule has 0 aliphatic carbocycles. The highest BCUT2D eigenvalue weighted by molar-refractivity contribution is 7.16. The molecule has 0 fully saturated rings.